The van der Waals surface area contributed by atoms with E-state index >= 15 is 0 Å². The zero-order valence-electron chi connectivity index (χ0n) is 26.5. The zero-order chi connectivity index (χ0) is 32.2. The van der Waals surface area contributed by atoms with E-state index in [0.717, 1.165) is 56.4 Å². The molecular formula is C44H31N3S. The Morgan fingerprint density at radius 2 is 1.38 bits per heavy atom. The molecule has 0 fully saturated rings. The van der Waals surface area contributed by atoms with E-state index in [-0.39, 0.29) is 11.8 Å². The summed E-state index contributed by atoms with van der Waals surface area (Å²) in [5.41, 5.74) is 11.1. The van der Waals surface area contributed by atoms with Crippen LogP contribution in [0.25, 0.3) is 48.7 Å². The molecule has 2 aromatic heterocycles. The monoisotopic (exact) mass is 633 g/mol. The molecule has 0 saturated heterocycles. The van der Waals surface area contributed by atoms with Gasteiger partial charge in [0.25, 0.3) is 0 Å². The molecule has 6 aromatic carbocycles. The summed E-state index contributed by atoms with van der Waals surface area (Å²) < 4.78 is 3.60. The van der Waals surface area contributed by atoms with Crippen LogP contribution in [0.4, 0.5) is 5.69 Å². The molecule has 0 aliphatic carbocycles. The molecule has 3 heterocycles. The van der Waals surface area contributed by atoms with E-state index in [9.17, 15) is 5.26 Å². The second-order valence-corrected chi connectivity index (χ2v) is 13.6. The zero-order valence-corrected chi connectivity index (χ0v) is 27.3. The average molecular weight is 634 g/mol. The topological polar surface area (TPSA) is 41.1 Å². The van der Waals surface area contributed by atoms with Crippen LogP contribution in [0.15, 0.2) is 151 Å². The molecule has 4 heteroatoms. The number of nitriles is 1. The summed E-state index contributed by atoms with van der Waals surface area (Å²) in [4.78, 5) is 6.88. The Labute approximate surface area is 283 Å². The lowest BCUT2D eigenvalue weighted by Gasteiger charge is -2.32. The van der Waals surface area contributed by atoms with Crippen molar-refractivity contribution in [1.29, 1.82) is 5.26 Å². The fourth-order valence-electron chi connectivity index (χ4n) is 7.68. The van der Waals surface area contributed by atoms with Crippen molar-refractivity contribution in [3.8, 4) is 22.9 Å². The number of nitrogens with zero attached hydrogens (tertiary/aromatic N) is 3. The van der Waals surface area contributed by atoms with Crippen molar-refractivity contribution in [2.45, 2.75) is 19.3 Å². The summed E-state index contributed by atoms with van der Waals surface area (Å²) in [6.45, 7) is 2.30. The number of thiophene rings is 1. The van der Waals surface area contributed by atoms with Gasteiger partial charge in [0.1, 0.15) is 0 Å². The molecule has 2 atom stereocenters. The van der Waals surface area contributed by atoms with Crippen molar-refractivity contribution < 1.29 is 0 Å². The molecule has 0 bridgehead atoms. The lowest BCUT2D eigenvalue weighted by atomic mass is 9.76. The summed E-state index contributed by atoms with van der Waals surface area (Å²) in [6.07, 6.45) is 0.993. The van der Waals surface area contributed by atoms with Gasteiger partial charge in [-0.2, -0.15) is 5.26 Å². The molecular weight excluding hydrogens is 603 g/mol. The number of hydrogen-bond donors (Lipinski definition) is 0. The Bertz CT molecular complexity index is 2580. The maximum atomic E-state index is 9.60. The summed E-state index contributed by atoms with van der Waals surface area (Å²) >= 11 is 1.90. The van der Waals surface area contributed by atoms with Gasteiger partial charge < -0.3 is 4.57 Å². The van der Waals surface area contributed by atoms with Crippen LogP contribution in [0.1, 0.15) is 40.8 Å². The van der Waals surface area contributed by atoms with E-state index < -0.39 is 0 Å². The highest BCUT2D eigenvalue weighted by Crippen LogP contribution is 2.52. The Morgan fingerprint density at radius 1 is 0.667 bits per heavy atom. The maximum absolute atomic E-state index is 9.60. The minimum atomic E-state index is 0.250. The van der Waals surface area contributed by atoms with Gasteiger partial charge in [0.2, 0.25) is 0 Å². The normalized spacial score (nSPS) is 15.8. The first-order chi connectivity index (χ1) is 23.7. The molecule has 228 valence electrons. The molecule has 0 spiro atoms. The van der Waals surface area contributed by atoms with Gasteiger partial charge in [-0.1, -0.05) is 104 Å². The van der Waals surface area contributed by atoms with Gasteiger partial charge in [0, 0.05) is 43.3 Å². The molecule has 9 rings (SSSR count). The van der Waals surface area contributed by atoms with Crippen molar-refractivity contribution in [1.82, 2.24) is 4.57 Å². The molecule has 3 nitrogen and oxygen atoms in total. The second-order valence-electron chi connectivity index (χ2n) is 12.5. The third-order valence-electron chi connectivity index (χ3n) is 9.86. The highest BCUT2D eigenvalue weighted by molar-refractivity contribution is 7.20. The smallest absolute Gasteiger partial charge is 0.0991 e. The number of fused-ring (bicyclic) bond motifs is 6. The first-order valence-electron chi connectivity index (χ1n) is 16.5. The largest absolute Gasteiger partial charge is 0.309 e. The fraction of sp³-hybridized carbons (Fsp3) is 0.0909. The van der Waals surface area contributed by atoms with Crippen LogP contribution in [0.2, 0.25) is 0 Å². The van der Waals surface area contributed by atoms with E-state index in [1.165, 1.54) is 26.1 Å². The standard InChI is InChI=1S/C44H31N3S/c1-2-34-41(29-12-4-3-5-13-29)44-43(36-19-7-9-21-40(36)48-44)46-42(34)32-16-10-14-30(25-32)31-15-11-17-33(26-31)47-38-20-8-6-18-35(38)37-24-28(27-45)22-23-39(37)47/h3-26,34,41H,2H2,1H3. The number of benzene rings is 6. The third-order valence-corrected chi connectivity index (χ3v) is 11.1. The van der Waals surface area contributed by atoms with Gasteiger partial charge in [-0.05, 0) is 77.2 Å². The summed E-state index contributed by atoms with van der Waals surface area (Å²) in [6, 6.07) is 54.1. The Hall–Kier alpha value is -5.76. The molecule has 0 amide bonds. The van der Waals surface area contributed by atoms with Crippen LogP contribution in [0, 0.1) is 17.2 Å². The molecule has 8 aromatic rings. The summed E-state index contributed by atoms with van der Waals surface area (Å²) in [7, 11) is 0. The van der Waals surface area contributed by atoms with E-state index in [1.807, 2.05) is 23.5 Å². The van der Waals surface area contributed by atoms with Gasteiger partial charge in [-0.25, -0.2) is 0 Å². The molecule has 1 aliphatic heterocycles. The van der Waals surface area contributed by atoms with Gasteiger partial charge >= 0.3 is 0 Å². The van der Waals surface area contributed by atoms with E-state index in [1.54, 1.807) is 0 Å². The van der Waals surface area contributed by atoms with E-state index in [0.29, 0.717) is 5.56 Å². The first-order valence-corrected chi connectivity index (χ1v) is 17.3. The fourth-order valence-corrected chi connectivity index (χ4v) is 9.01. The van der Waals surface area contributed by atoms with Crippen LogP contribution < -0.4 is 0 Å². The maximum Gasteiger partial charge on any atom is 0.0991 e. The van der Waals surface area contributed by atoms with Gasteiger partial charge in [-0.3, -0.25) is 4.99 Å². The predicted molar refractivity (Wildman–Crippen MR) is 201 cm³/mol. The highest BCUT2D eigenvalue weighted by atomic mass is 32.1. The molecule has 0 radical (unpaired) electrons. The third kappa shape index (κ3) is 4.51. The van der Waals surface area contributed by atoms with Crippen LogP contribution in [0.3, 0.4) is 0 Å². The number of aliphatic imine (C=N–C) groups is 1. The van der Waals surface area contributed by atoms with Crippen molar-refractivity contribution >= 4 is 54.6 Å². The lowest BCUT2D eigenvalue weighted by molar-refractivity contribution is 0.585. The minimum Gasteiger partial charge on any atom is -0.309 e. The molecule has 48 heavy (non-hydrogen) atoms. The molecule has 1 aliphatic rings. The predicted octanol–water partition coefficient (Wildman–Crippen LogP) is 11.8. The van der Waals surface area contributed by atoms with Crippen LogP contribution >= 0.6 is 11.3 Å². The van der Waals surface area contributed by atoms with Crippen molar-refractivity contribution in [2.24, 2.45) is 10.9 Å². The first kappa shape index (κ1) is 28.5. The minimum absolute atomic E-state index is 0.250. The second kappa shape index (κ2) is 11.5. The quantitative estimate of drug-likeness (QED) is 0.186. The average Bonchev–Trinajstić information content (AvgIpc) is 3.69. The van der Waals surface area contributed by atoms with E-state index in [4.69, 9.17) is 4.99 Å². The SMILES string of the molecule is CCC1C(c2cccc(-c3cccc(-n4c5ccccc5c5cc(C#N)ccc54)c3)c2)=Nc2c(sc3ccccc23)C1c1ccccc1. The van der Waals surface area contributed by atoms with Crippen molar-refractivity contribution in [3.63, 3.8) is 0 Å². The Balaban J connectivity index is 1.19. The highest BCUT2D eigenvalue weighted by Gasteiger charge is 2.36. The van der Waals surface area contributed by atoms with Gasteiger partial charge in [0.05, 0.1) is 34.1 Å². The van der Waals surface area contributed by atoms with Gasteiger partial charge in [-0.15, -0.1) is 11.3 Å². The van der Waals surface area contributed by atoms with Crippen LogP contribution in [-0.4, -0.2) is 10.3 Å². The van der Waals surface area contributed by atoms with Crippen molar-refractivity contribution in [3.05, 3.63) is 167 Å². The van der Waals surface area contributed by atoms with Crippen LogP contribution in [-0.2, 0) is 0 Å². The van der Waals surface area contributed by atoms with Crippen molar-refractivity contribution in [2.75, 3.05) is 0 Å². The number of para-hydroxylation sites is 1. The number of aromatic nitrogens is 1. The number of hydrogen-bond acceptors (Lipinski definition) is 3. The molecule has 0 N–H and O–H groups in total. The summed E-state index contributed by atoms with van der Waals surface area (Å²) in [5.74, 6) is 0.505. The van der Waals surface area contributed by atoms with Crippen LogP contribution in [0.5, 0.6) is 0 Å². The Kier molecular flexibility index (Phi) is 6.81. The Morgan fingerprint density at radius 3 is 2.21 bits per heavy atom. The number of rotatable bonds is 5. The van der Waals surface area contributed by atoms with E-state index in [2.05, 4.69) is 151 Å². The summed E-state index contributed by atoms with van der Waals surface area (Å²) in [5, 5.41) is 13.1. The molecule has 2 unspecified atom stereocenters. The lowest BCUT2D eigenvalue weighted by Crippen LogP contribution is -2.26. The van der Waals surface area contributed by atoms with Gasteiger partial charge in [0.15, 0.2) is 0 Å². The molecule has 0 saturated carbocycles.